The fourth-order valence-electron chi connectivity index (χ4n) is 1.51. The van der Waals surface area contributed by atoms with Crippen molar-refractivity contribution in [3.8, 4) is 11.5 Å². The van der Waals surface area contributed by atoms with E-state index in [1.54, 1.807) is 20.8 Å². The first-order valence-electron chi connectivity index (χ1n) is 5.23. The number of hydrogen-bond donors (Lipinski definition) is 2. The largest absolute Gasteiger partial charge is 1.00 e. The molecule has 5 nitrogen and oxygen atoms in total. The fourth-order valence-corrected chi connectivity index (χ4v) is 3.47. The van der Waals surface area contributed by atoms with Crippen LogP contribution in [-0.4, -0.2) is 34.7 Å². The molecule has 0 spiro atoms. The van der Waals surface area contributed by atoms with Crippen LogP contribution >= 0.6 is 11.8 Å². The molecule has 1 aromatic rings. The zero-order valence-corrected chi connectivity index (χ0v) is 15.0. The molecule has 0 amide bonds. The molecule has 8 heteroatoms. The second-order valence-electron chi connectivity index (χ2n) is 4.01. The van der Waals surface area contributed by atoms with Gasteiger partial charge in [-0.3, -0.25) is 0 Å². The van der Waals surface area contributed by atoms with Gasteiger partial charge < -0.3 is 14.8 Å². The monoisotopic (exact) mass is 314 g/mol. The SMILES string of the molecule is Cc1c(C)c(O)c(SCCS(=O)(=O)[O-])c(C)c1O.[Na+]. The van der Waals surface area contributed by atoms with Crippen molar-refractivity contribution in [1.29, 1.82) is 0 Å². The van der Waals surface area contributed by atoms with Crippen LogP contribution in [0.4, 0.5) is 0 Å². The van der Waals surface area contributed by atoms with Crippen molar-refractivity contribution < 1.29 is 52.7 Å². The van der Waals surface area contributed by atoms with Gasteiger partial charge in [0.2, 0.25) is 0 Å². The maximum atomic E-state index is 10.5. The Morgan fingerprint density at radius 2 is 1.53 bits per heavy atom. The maximum Gasteiger partial charge on any atom is 1.00 e. The molecule has 0 unspecified atom stereocenters. The van der Waals surface area contributed by atoms with Crippen molar-refractivity contribution in [3.05, 3.63) is 16.7 Å². The van der Waals surface area contributed by atoms with Gasteiger partial charge in [0.15, 0.2) is 0 Å². The maximum absolute atomic E-state index is 10.5. The Kier molecular flexibility index (Phi) is 7.22. The first-order chi connectivity index (χ1) is 8.15. The molecular formula is C11H15NaO5S2. The molecule has 0 atom stereocenters. The van der Waals surface area contributed by atoms with Crippen LogP contribution in [0, 0.1) is 20.8 Å². The predicted octanol–water partition coefficient (Wildman–Crippen LogP) is -1.34. The Balaban J connectivity index is 0.00000324. The third-order valence-corrected chi connectivity index (χ3v) is 4.92. The van der Waals surface area contributed by atoms with Gasteiger partial charge in [-0.1, -0.05) is 0 Å². The Labute approximate surface area is 139 Å². The summed E-state index contributed by atoms with van der Waals surface area (Å²) in [6.07, 6.45) is 0. The van der Waals surface area contributed by atoms with E-state index in [0.29, 0.717) is 21.6 Å². The van der Waals surface area contributed by atoms with E-state index in [4.69, 9.17) is 0 Å². The van der Waals surface area contributed by atoms with Crippen LogP contribution in [0.1, 0.15) is 16.7 Å². The van der Waals surface area contributed by atoms with Crippen molar-refractivity contribution in [2.45, 2.75) is 25.7 Å². The predicted molar refractivity (Wildman–Crippen MR) is 69.3 cm³/mol. The van der Waals surface area contributed by atoms with E-state index in [9.17, 15) is 23.2 Å². The second kappa shape index (κ2) is 7.19. The van der Waals surface area contributed by atoms with Gasteiger partial charge in [0.1, 0.15) is 11.5 Å². The van der Waals surface area contributed by atoms with Gasteiger partial charge in [-0.2, -0.15) is 0 Å². The van der Waals surface area contributed by atoms with E-state index in [-0.39, 0.29) is 46.8 Å². The molecule has 0 saturated heterocycles. The van der Waals surface area contributed by atoms with E-state index in [0.717, 1.165) is 11.8 Å². The molecule has 0 aliphatic rings. The smallest absolute Gasteiger partial charge is 0.748 e. The number of thioether (sulfide) groups is 1. The summed E-state index contributed by atoms with van der Waals surface area (Å²) < 4.78 is 31.5. The Morgan fingerprint density at radius 1 is 1.05 bits per heavy atom. The number of rotatable bonds is 4. The molecule has 1 rings (SSSR count). The normalized spacial score (nSPS) is 11.2. The van der Waals surface area contributed by atoms with Crippen LogP contribution in [0.5, 0.6) is 11.5 Å². The molecule has 0 bridgehead atoms. The number of aromatic hydroxyl groups is 2. The standard InChI is InChI=1S/C11H16O5S2.Na/c1-6-7(2)10(13)11(8(3)9(6)12)17-4-5-18(14,15)16;/h12-13H,4-5H2,1-3H3,(H,14,15,16);/q;+1/p-1. The molecule has 1 aromatic carbocycles. The van der Waals surface area contributed by atoms with Crippen LogP contribution in [0.2, 0.25) is 0 Å². The van der Waals surface area contributed by atoms with Gasteiger partial charge in [-0.25, -0.2) is 8.42 Å². The summed E-state index contributed by atoms with van der Waals surface area (Å²) in [4.78, 5) is 0.416. The average molecular weight is 314 g/mol. The third kappa shape index (κ3) is 4.84. The van der Waals surface area contributed by atoms with Crippen LogP contribution in [0.15, 0.2) is 4.90 Å². The minimum Gasteiger partial charge on any atom is -0.748 e. The molecule has 0 saturated carbocycles. The van der Waals surface area contributed by atoms with Gasteiger partial charge in [0, 0.05) is 17.1 Å². The van der Waals surface area contributed by atoms with Crippen LogP contribution in [0.25, 0.3) is 0 Å². The molecular weight excluding hydrogens is 299 g/mol. The molecule has 0 radical (unpaired) electrons. The Hall–Kier alpha value is 0.0800. The van der Waals surface area contributed by atoms with Crippen molar-refractivity contribution in [1.82, 2.24) is 0 Å². The summed E-state index contributed by atoms with van der Waals surface area (Å²) >= 11 is 1.05. The number of benzene rings is 1. The van der Waals surface area contributed by atoms with Gasteiger partial charge in [-0.15, -0.1) is 11.8 Å². The molecule has 0 aromatic heterocycles. The van der Waals surface area contributed by atoms with Gasteiger partial charge in [0.25, 0.3) is 0 Å². The minimum atomic E-state index is -4.26. The summed E-state index contributed by atoms with van der Waals surface area (Å²) in [6, 6.07) is 0. The fraction of sp³-hybridized carbons (Fsp3) is 0.455. The summed E-state index contributed by atoms with van der Waals surface area (Å²) in [7, 11) is -4.26. The number of phenolic OH excluding ortho intramolecular Hbond substituents is 2. The molecule has 102 valence electrons. The summed E-state index contributed by atoms with van der Waals surface area (Å²) in [5.74, 6) is -0.360. The Bertz CT molecular complexity index is 540. The van der Waals surface area contributed by atoms with Gasteiger partial charge in [-0.05, 0) is 31.9 Å². The summed E-state index contributed by atoms with van der Waals surface area (Å²) in [5.41, 5.74) is 1.63. The topological polar surface area (TPSA) is 97.7 Å². The number of hydrogen-bond acceptors (Lipinski definition) is 6. The molecule has 0 aliphatic heterocycles. The second-order valence-corrected chi connectivity index (χ2v) is 6.64. The number of phenols is 2. The van der Waals surface area contributed by atoms with Crippen LogP contribution < -0.4 is 29.6 Å². The van der Waals surface area contributed by atoms with Crippen molar-refractivity contribution in [2.75, 3.05) is 11.5 Å². The summed E-state index contributed by atoms with van der Waals surface area (Å²) in [5, 5.41) is 19.8. The first-order valence-corrected chi connectivity index (χ1v) is 7.79. The van der Waals surface area contributed by atoms with E-state index in [1.165, 1.54) is 0 Å². The zero-order valence-electron chi connectivity index (χ0n) is 11.3. The van der Waals surface area contributed by atoms with Crippen LogP contribution in [0.3, 0.4) is 0 Å². The van der Waals surface area contributed by atoms with Gasteiger partial charge >= 0.3 is 29.6 Å². The zero-order chi connectivity index (χ0) is 14.1. The third-order valence-electron chi connectivity index (χ3n) is 2.76. The molecule has 19 heavy (non-hydrogen) atoms. The Morgan fingerprint density at radius 3 is 2.00 bits per heavy atom. The van der Waals surface area contributed by atoms with Gasteiger partial charge in [0.05, 0.1) is 15.0 Å². The molecule has 2 N–H and O–H groups in total. The molecule has 0 aliphatic carbocycles. The van der Waals surface area contributed by atoms with E-state index in [1.807, 2.05) is 0 Å². The van der Waals surface area contributed by atoms with E-state index < -0.39 is 15.9 Å². The molecule has 0 fully saturated rings. The van der Waals surface area contributed by atoms with Crippen molar-refractivity contribution in [2.24, 2.45) is 0 Å². The van der Waals surface area contributed by atoms with E-state index in [2.05, 4.69) is 0 Å². The molecule has 0 heterocycles. The quantitative estimate of drug-likeness (QED) is 0.309. The van der Waals surface area contributed by atoms with Crippen molar-refractivity contribution >= 4 is 21.9 Å². The average Bonchev–Trinajstić information content (AvgIpc) is 2.27. The first kappa shape index (κ1) is 19.1. The summed E-state index contributed by atoms with van der Waals surface area (Å²) in [6.45, 7) is 4.99. The van der Waals surface area contributed by atoms with Crippen LogP contribution in [-0.2, 0) is 10.1 Å². The minimum absolute atomic E-state index is 0. The van der Waals surface area contributed by atoms with E-state index >= 15 is 0 Å². The van der Waals surface area contributed by atoms with Crippen molar-refractivity contribution in [3.63, 3.8) is 0 Å².